The number of aromatic nitrogens is 4. The van der Waals surface area contributed by atoms with Gasteiger partial charge in [0.2, 0.25) is 5.91 Å². The van der Waals surface area contributed by atoms with Gasteiger partial charge < -0.3 is 14.4 Å². The van der Waals surface area contributed by atoms with Gasteiger partial charge >= 0.3 is 5.97 Å². The van der Waals surface area contributed by atoms with Gasteiger partial charge in [-0.15, -0.1) is 5.10 Å². The summed E-state index contributed by atoms with van der Waals surface area (Å²) in [6.07, 6.45) is 0.954. The van der Waals surface area contributed by atoms with Gasteiger partial charge in [-0.2, -0.15) is 0 Å². The van der Waals surface area contributed by atoms with E-state index < -0.39 is 5.97 Å². The molecule has 116 valence electrons. The summed E-state index contributed by atoms with van der Waals surface area (Å²) >= 11 is 0. The quantitative estimate of drug-likeness (QED) is 0.652. The van der Waals surface area contributed by atoms with Crippen LogP contribution in [0.25, 0.3) is 0 Å². The highest BCUT2D eigenvalue weighted by atomic mass is 16.5. The number of aryl methyl sites for hydroxylation is 1. The van der Waals surface area contributed by atoms with E-state index in [9.17, 15) is 9.59 Å². The Kier molecular flexibility index (Phi) is 5.61. The fraction of sp³-hybridized carbons (Fsp3) is 0.750. The highest BCUT2D eigenvalue weighted by Crippen LogP contribution is 2.04. The van der Waals surface area contributed by atoms with Crippen LogP contribution in [0.3, 0.4) is 0 Å². The van der Waals surface area contributed by atoms with E-state index in [2.05, 4.69) is 15.5 Å². The summed E-state index contributed by atoms with van der Waals surface area (Å²) in [5, 5.41) is 10.8. The second kappa shape index (κ2) is 7.67. The van der Waals surface area contributed by atoms with E-state index in [0.29, 0.717) is 45.7 Å². The Bertz CT molecular complexity index is 484. The highest BCUT2D eigenvalue weighted by molar-refractivity contribution is 5.85. The number of nitrogens with zero attached hydrogens (tertiary/aromatic N) is 5. The van der Waals surface area contributed by atoms with Crippen molar-refractivity contribution >= 4 is 11.9 Å². The molecule has 0 unspecified atom stereocenters. The molecule has 0 aliphatic carbocycles. The Balaban J connectivity index is 1.79. The van der Waals surface area contributed by atoms with E-state index in [1.165, 1.54) is 4.68 Å². The minimum absolute atomic E-state index is 0.0654. The van der Waals surface area contributed by atoms with Crippen molar-refractivity contribution in [2.45, 2.75) is 26.3 Å². The molecule has 0 aromatic carbocycles. The summed E-state index contributed by atoms with van der Waals surface area (Å²) in [6, 6.07) is 0. The molecule has 0 bridgehead atoms. The molecule has 0 radical (unpaired) electrons. The van der Waals surface area contributed by atoms with E-state index in [4.69, 9.17) is 9.47 Å². The number of ether oxygens (including phenoxy) is 2. The number of carbonyl (C=O) groups excluding carboxylic acids is 2. The Hall–Kier alpha value is -2.03. The third kappa shape index (κ3) is 4.22. The van der Waals surface area contributed by atoms with Gasteiger partial charge in [-0.1, -0.05) is 0 Å². The predicted molar refractivity (Wildman–Crippen MR) is 70.4 cm³/mol. The van der Waals surface area contributed by atoms with E-state index >= 15 is 0 Å². The molecular weight excluding hydrogens is 278 g/mol. The average molecular weight is 297 g/mol. The Morgan fingerprint density at radius 1 is 1.33 bits per heavy atom. The average Bonchev–Trinajstić information content (AvgIpc) is 2.97. The standard InChI is InChI=1S/C12H19N5O4/c1-2-21-12(19)11-13-14-15-17(11)5-3-4-10(18)16-6-8-20-9-7-16/h2-9H2,1H3. The molecule has 1 aliphatic rings. The van der Waals surface area contributed by atoms with Crippen LogP contribution in [0.5, 0.6) is 0 Å². The zero-order valence-corrected chi connectivity index (χ0v) is 12.0. The van der Waals surface area contributed by atoms with Crippen LogP contribution in [0, 0.1) is 0 Å². The fourth-order valence-electron chi connectivity index (χ4n) is 2.05. The normalized spacial score (nSPS) is 15.0. The molecule has 1 fully saturated rings. The number of tetrazole rings is 1. The van der Waals surface area contributed by atoms with Crippen LogP contribution in [-0.2, 0) is 20.8 Å². The maximum absolute atomic E-state index is 12.0. The van der Waals surface area contributed by atoms with Gasteiger partial charge in [0.1, 0.15) is 0 Å². The van der Waals surface area contributed by atoms with Gasteiger partial charge in [0.25, 0.3) is 5.82 Å². The molecule has 9 heteroatoms. The zero-order chi connectivity index (χ0) is 15.1. The Morgan fingerprint density at radius 3 is 2.81 bits per heavy atom. The summed E-state index contributed by atoms with van der Waals surface area (Å²) in [4.78, 5) is 25.3. The summed E-state index contributed by atoms with van der Waals surface area (Å²) in [5.41, 5.74) is 0. The third-order valence-electron chi connectivity index (χ3n) is 3.11. The smallest absolute Gasteiger partial charge is 0.378 e. The van der Waals surface area contributed by atoms with Crippen LogP contribution >= 0.6 is 0 Å². The van der Waals surface area contributed by atoms with Gasteiger partial charge in [-0.05, 0) is 23.8 Å². The van der Waals surface area contributed by atoms with Crippen molar-refractivity contribution in [1.29, 1.82) is 0 Å². The van der Waals surface area contributed by atoms with E-state index in [1.54, 1.807) is 11.8 Å². The first kappa shape index (κ1) is 15.4. The Morgan fingerprint density at radius 2 is 2.10 bits per heavy atom. The van der Waals surface area contributed by atoms with Crippen LogP contribution in [0.1, 0.15) is 30.4 Å². The maximum atomic E-state index is 12.0. The number of amides is 1. The lowest BCUT2D eigenvalue weighted by Gasteiger charge is -2.26. The number of esters is 1. The minimum atomic E-state index is -0.554. The molecule has 2 rings (SSSR count). The topological polar surface area (TPSA) is 99.4 Å². The molecule has 1 amide bonds. The second-order valence-corrected chi connectivity index (χ2v) is 4.54. The van der Waals surface area contributed by atoms with Gasteiger partial charge in [-0.3, -0.25) is 4.79 Å². The van der Waals surface area contributed by atoms with Crippen LogP contribution < -0.4 is 0 Å². The first-order valence-corrected chi connectivity index (χ1v) is 7.01. The van der Waals surface area contributed by atoms with Crippen LogP contribution in [0.4, 0.5) is 0 Å². The molecule has 2 heterocycles. The summed E-state index contributed by atoms with van der Waals surface area (Å²) in [5.74, 6) is -0.401. The van der Waals surface area contributed by atoms with Gasteiger partial charge in [-0.25, -0.2) is 9.48 Å². The van der Waals surface area contributed by atoms with Crippen molar-refractivity contribution in [3.8, 4) is 0 Å². The predicted octanol–water partition coefficient (Wildman–Crippen LogP) is -0.511. The van der Waals surface area contributed by atoms with E-state index in [1.807, 2.05) is 0 Å². The molecule has 1 aromatic heterocycles. The van der Waals surface area contributed by atoms with Gasteiger partial charge in [0.05, 0.1) is 19.8 Å². The van der Waals surface area contributed by atoms with Crippen LogP contribution in [0.15, 0.2) is 0 Å². The molecule has 1 aliphatic heterocycles. The molecule has 0 saturated carbocycles. The van der Waals surface area contributed by atoms with Crippen molar-refractivity contribution < 1.29 is 19.1 Å². The summed E-state index contributed by atoms with van der Waals surface area (Å²) < 4.78 is 11.4. The van der Waals surface area contributed by atoms with E-state index in [0.717, 1.165) is 0 Å². The molecule has 0 atom stereocenters. The molecule has 0 N–H and O–H groups in total. The van der Waals surface area contributed by atoms with Crippen LogP contribution in [0.2, 0.25) is 0 Å². The summed E-state index contributed by atoms with van der Waals surface area (Å²) in [6.45, 7) is 4.83. The number of morpholine rings is 1. The lowest BCUT2D eigenvalue weighted by molar-refractivity contribution is -0.135. The lowest BCUT2D eigenvalue weighted by Crippen LogP contribution is -2.40. The third-order valence-corrected chi connectivity index (χ3v) is 3.11. The van der Waals surface area contributed by atoms with Crippen molar-refractivity contribution in [2.24, 2.45) is 0 Å². The fourth-order valence-corrected chi connectivity index (χ4v) is 2.05. The second-order valence-electron chi connectivity index (χ2n) is 4.54. The highest BCUT2D eigenvalue weighted by Gasteiger charge is 2.18. The first-order valence-electron chi connectivity index (χ1n) is 7.01. The molecule has 1 aromatic rings. The van der Waals surface area contributed by atoms with Gasteiger partial charge in [0.15, 0.2) is 0 Å². The van der Waals surface area contributed by atoms with Crippen molar-refractivity contribution in [3.63, 3.8) is 0 Å². The number of carbonyl (C=O) groups is 2. The largest absolute Gasteiger partial charge is 0.460 e. The molecule has 1 saturated heterocycles. The first-order chi connectivity index (χ1) is 10.2. The number of rotatable bonds is 6. The van der Waals surface area contributed by atoms with Crippen molar-refractivity contribution in [1.82, 2.24) is 25.1 Å². The SMILES string of the molecule is CCOC(=O)c1nnnn1CCCC(=O)N1CCOCC1. The monoisotopic (exact) mass is 297 g/mol. The maximum Gasteiger partial charge on any atom is 0.378 e. The van der Waals surface area contributed by atoms with Crippen molar-refractivity contribution in [3.05, 3.63) is 5.82 Å². The number of hydrogen-bond acceptors (Lipinski definition) is 7. The molecular formula is C12H19N5O4. The zero-order valence-electron chi connectivity index (χ0n) is 12.0. The van der Waals surface area contributed by atoms with E-state index in [-0.39, 0.29) is 18.3 Å². The van der Waals surface area contributed by atoms with Crippen molar-refractivity contribution in [2.75, 3.05) is 32.9 Å². The summed E-state index contributed by atoms with van der Waals surface area (Å²) in [7, 11) is 0. The molecule has 21 heavy (non-hydrogen) atoms. The lowest BCUT2D eigenvalue weighted by atomic mass is 10.2. The molecule has 9 nitrogen and oxygen atoms in total. The Labute approximate surface area is 122 Å². The van der Waals surface area contributed by atoms with Crippen LogP contribution in [-0.4, -0.2) is 69.9 Å². The minimum Gasteiger partial charge on any atom is -0.460 e. The number of hydrogen-bond donors (Lipinski definition) is 0. The molecule has 0 spiro atoms. The van der Waals surface area contributed by atoms with Gasteiger partial charge in [0, 0.05) is 26.1 Å².